The molecule has 94 valence electrons. The maximum atomic E-state index is 10.6. The number of carbonyl (C=O) groups is 1. The van der Waals surface area contributed by atoms with Crippen LogP contribution in [0.2, 0.25) is 0 Å². The Kier molecular flexibility index (Phi) is 3.99. The highest BCUT2D eigenvalue weighted by molar-refractivity contribution is 7.99. The van der Waals surface area contributed by atoms with E-state index in [-0.39, 0.29) is 5.91 Å². The van der Waals surface area contributed by atoms with E-state index in [0.717, 1.165) is 11.1 Å². The van der Waals surface area contributed by atoms with Crippen molar-refractivity contribution in [1.82, 2.24) is 10.2 Å². The molecule has 5 nitrogen and oxygen atoms in total. The monoisotopic (exact) mass is 263 g/mol. The number of hydrogen-bond acceptors (Lipinski definition) is 5. The van der Waals surface area contributed by atoms with Crippen LogP contribution in [0.5, 0.6) is 0 Å². The SMILES string of the molecule is Cc1ccccc1-c1nnc(SCCC(N)=O)o1. The van der Waals surface area contributed by atoms with Gasteiger partial charge in [0.25, 0.3) is 5.22 Å². The molecule has 0 radical (unpaired) electrons. The minimum absolute atomic E-state index is 0.298. The third-order valence-corrected chi connectivity index (χ3v) is 3.18. The van der Waals surface area contributed by atoms with E-state index in [0.29, 0.717) is 23.3 Å². The third kappa shape index (κ3) is 3.10. The molecular weight excluding hydrogens is 250 g/mol. The molecule has 0 saturated heterocycles. The number of rotatable bonds is 5. The van der Waals surface area contributed by atoms with Gasteiger partial charge in [0.2, 0.25) is 11.8 Å². The Morgan fingerprint density at radius 2 is 2.17 bits per heavy atom. The first-order valence-corrected chi connectivity index (χ1v) is 6.46. The van der Waals surface area contributed by atoms with Gasteiger partial charge in [0.05, 0.1) is 0 Å². The van der Waals surface area contributed by atoms with E-state index >= 15 is 0 Å². The van der Waals surface area contributed by atoms with E-state index in [9.17, 15) is 4.79 Å². The van der Waals surface area contributed by atoms with Crippen molar-refractivity contribution < 1.29 is 9.21 Å². The average Bonchev–Trinajstić information content (AvgIpc) is 2.78. The van der Waals surface area contributed by atoms with Gasteiger partial charge in [0.1, 0.15) is 0 Å². The van der Waals surface area contributed by atoms with Crippen LogP contribution >= 0.6 is 11.8 Å². The van der Waals surface area contributed by atoms with Crippen LogP contribution in [0.1, 0.15) is 12.0 Å². The van der Waals surface area contributed by atoms with Crippen molar-refractivity contribution in [2.45, 2.75) is 18.6 Å². The number of thioether (sulfide) groups is 1. The lowest BCUT2D eigenvalue weighted by Crippen LogP contribution is -2.10. The molecule has 1 aromatic heterocycles. The zero-order chi connectivity index (χ0) is 13.0. The molecule has 0 unspecified atom stereocenters. The normalized spacial score (nSPS) is 10.5. The first-order chi connectivity index (χ1) is 8.66. The Hall–Kier alpha value is -1.82. The van der Waals surface area contributed by atoms with Crippen molar-refractivity contribution in [2.24, 2.45) is 5.73 Å². The molecule has 2 N–H and O–H groups in total. The van der Waals surface area contributed by atoms with Crippen molar-refractivity contribution >= 4 is 17.7 Å². The van der Waals surface area contributed by atoms with E-state index < -0.39 is 0 Å². The van der Waals surface area contributed by atoms with Crippen LogP contribution in [0.15, 0.2) is 33.9 Å². The van der Waals surface area contributed by atoms with Crippen molar-refractivity contribution in [1.29, 1.82) is 0 Å². The van der Waals surface area contributed by atoms with Crippen LogP contribution in [0, 0.1) is 6.92 Å². The fraction of sp³-hybridized carbons (Fsp3) is 0.250. The minimum Gasteiger partial charge on any atom is -0.411 e. The second-order valence-electron chi connectivity index (χ2n) is 3.75. The van der Waals surface area contributed by atoms with Crippen LogP contribution in [0.3, 0.4) is 0 Å². The fourth-order valence-electron chi connectivity index (χ4n) is 1.43. The van der Waals surface area contributed by atoms with Crippen LogP contribution in [0.25, 0.3) is 11.5 Å². The second-order valence-corrected chi connectivity index (χ2v) is 4.80. The summed E-state index contributed by atoms with van der Waals surface area (Å²) in [7, 11) is 0. The fourth-order valence-corrected chi connectivity index (χ4v) is 2.14. The van der Waals surface area contributed by atoms with Gasteiger partial charge < -0.3 is 10.2 Å². The van der Waals surface area contributed by atoms with Crippen molar-refractivity contribution in [3.63, 3.8) is 0 Å². The lowest BCUT2D eigenvalue weighted by atomic mass is 10.1. The summed E-state index contributed by atoms with van der Waals surface area (Å²) < 4.78 is 5.52. The first-order valence-electron chi connectivity index (χ1n) is 5.47. The van der Waals surface area contributed by atoms with E-state index in [4.69, 9.17) is 10.2 Å². The minimum atomic E-state index is -0.332. The lowest BCUT2D eigenvalue weighted by Gasteiger charge is -1.98. The summed E-state index contributed by atoms with van der Waals surface area (Å²) in [6.45, 7) is 1.99. The average molecular weight is 263 g/mol. The Balaban J connectivity index is 2.06. The topological polar surface area (TPSA) is 82.0 Å². The van der Waals surface area contributed by atoms with Gasteiger partial charge in [0, 0.05) is 17.7 Å². The van der Waals surface area contributed by atoms with Crippen molar-refractivity contribution in [3.05, 3.63) is 29.8 Å². The molecule has 2 rings (SSSR count). The smallest absolute Gasteiger partial charge is 0.276 e. The van der Waals surface area contributed by atoms with Crippen LogP contribution in [-0.4, -0.2) is 21.9 Å². The number of nitrogens with two attached hydrogens (primary N) is 1. The zero-order valence-electron chi connectivity index (χ0n) is 9.92. The number of nitrogens with zero attached hydrogens (tertiary/aromatic N) is 2. The molecule has 0 aliphatic heterocycles. The Labute approximate surface area is 109 Å². The summed E-state index contributed by atoms with van der Waals surface area (Å²) in [5.41, 5.74) is 7.06. The molecule has 6 heteroatoms. The van der Waals surface area contributed by atoms with Crippen LogP contribution < -0.4 is 5.73 Å². The molecule has 0 aliphatic rings. The van der Waals surface area contributed by atoms with Crippen LogP contribution in [0.4, 0.5) is 0 Å². The molecular formula is C12H13N3O2S. The highest BCUT2D eigenvalue weighted by Gasteiger charge is 2.10. The van der Waals surface area contributed by atoms with Gasteiger partial charge in [-0.3, -0.25) is 4.79 Å². The number of aryl methyl sites for hydroxylation is 1. The molecule has 2 aromatic rings. The van der Waals surface area contributed by atoms with E-state index in [1.165, 1.54) is 11.8 Å². The summed E-state index contributed by atoms with van der Waals surface area (Å²) in [6, 6.07) is 7.80. The molecule has 0 bridgehead atoms. The van der Waals surface area contributed by atoms with Gasteiger partial charge in [-0.2, -0.15) is 0 Å². The maximum absolute atomic E-state index is 10.6. The van der Waals surface area contributed by atoms with Gasteiger partial charge >= 0.3 is 0 Å². The maximum Gasteiger partial charge on any atom is 0.276 e. The van der Waals surface area contributed by atoms with Gasteiger partial charge in [-0.05, 0) is 18.6 Å². The van der Waals surface area contributed by atoms with E-state index in [1.807, 2.05) is 31.2 Å². The summed E-state index contributed by atoms with van der Waals surface area (Å²) in [6.07, 6.45) is 0.298. The summed E-state index contributed by atoms with van der Waals surface area (Å²) in [5, 5.41) is 8.37. The van der Waals surface area contributed by atoms with Gasteiger partial charge in [-0.1, -0.05) is 30.0 Å². The second kappa shape index (κ2) is 5.68. The Morgan fingerprint density at radius 1 is 1.39 bits per heavy atom. The molecule has 18 heavy (non-hydrogen) atoms. The van der Waals surface area contributed by atoms with Gasteiger partial charge in [-0.15, -0.1) is 10.2 Å². The van der Waals surface area contributed by atoms with Crippen LogP contribution in [-0.2, 0) is 4.79 Å². The molecule has 1 heterocycles. The molecule has 0 atom stereocenters. The highest BCUT2D eigenvalue weighted by atomic mass is 32.2. The van der Waals surface area contributed by atoms with Gasteiger partial charge in [-0.25, -0.2) is 0 Å². The van der Waals surface area contributed by atoms with Crippen molar-refractivity contribution in [2.75, 3.05) is 5.75 Å². The quantitative estimate of drug-likeness (QED) is 0.834. The predicted molar refractivity (Wildman–Crippen MR) is 69.0 cm³/mol. The summed E-state index contributed by atoms with van der Waals surface area (Å²) in [5.74, 6) is 0.709. The number of carbonyl (C=O) groups excluding carboxylic acids is 1. The Bertz CT molecular complexity index is 554. The molecule has 1 amide bonds. The standard InChI is InChI=1S/C12H13N3O2S/c1-8-4-2-3-5-9(8)11-14-15-12(17-11)18-7-6-10(13)16/h2-5H,6-7H2,1H3,(H2,13,16). The number of amides is 1. The number of primary amides is 1. The molecule has 0 saturated carbocycles. The summed E-state index contributed by atoms with van der Waals surface area (Å²) in [4.78, 5) is 10.6. The summed E-state index contributed by atoms with van der Waals surface area (Å²) >= 11 is 1.33. The predicted octanol–water partition coefficient (Wildman–Crippen LogP) is 2.01. The first kappa shape index (κ1) is 12.6. The molecule has 0 fully saturated rings. The Morgan fingerprint density at radius 3 is 2.89 bits per heavy atom. The highest BCUT2D eigenvalue weighted by Crippen LogP contribution is 2.25. The third-order valence-electron chi connectivity index (χ3n) is 2.36. The number of benzene rings is 1. The number of aromatic nitrogens is 2. The molecule has 1 aromatic carbocycles. The zero-order valence-corrected chi connectivity index (χ0v) is 10.7. The van der Waals surface area contributed by atoms with E-state index in [2.05, 4.69) is 10.2 Å². The molecule has 0 spiro atoms. The van der Waals surface area contributed by atoms with E-state index in [1.54, 1.807) is 0 Å². The lowest BCUT2D eigenvalue weighted by molar-refractivity contribution is -0.117. The van der Waals surface area contributed by atoms with Gasteiger partial charge in [0.15, 0.2) is 0 Å². The largest absolute Gasteiger partial charge is 0.411 e. The number of hydrogen-bond donors (Lipinski definition) is 1. The van der Waals surface area contributed by atoms with Crippen molar-refractivity contribution in [3.8, 4) is 11.5 Å². The molecule has 0 aliphatic carbocycles.